The van der Waals surface area contributed by atoms with Crippen LogP contribution in [0.5, 0.6) is 23.3 Å². The highest BCUT2D eigenvalue weighted by Crippen LogP contribution is 2.33. The van der Waals surface area contributed by atoms with Crippen molar-refractivity contribution in [2.45, 2.75) is 32.1 Å². The second-order valence-corrected chi connectivity index (χ2v) is 9.67. The summed E-state index contributed by atoms with van der Waals surface area (Å²) in [5, 5.41) is 29.9. The molecule has 0 aliphatic carbocycles. The predicted molar refractivity (Wildman–Crippen MR) is 148 cm³/mol. The number of ether oxygens (including phenoxy) is 2. The van der Waals surface area contributed by atoms with E-state index in [0.29, 0.717) is 29.6 Å². The molecule has 0 saturated carbocycles. The number of nitrogens with zero attached hydrogens (tertiary/aromatic N) is 2. The Labute approximate surface area is 236 Å². The van der Waals surface area contributed by atoms with Gasteiger partial charge in [-0.3, -0.25) is 14.3 Å². The zero-order valence-electron chi connectivity index (χ0n) is 21.8. The summed E-state index contributed by atoms with van der Waals surface area (Å²) < 4.78 is 26.3. The number of benzene rings is 3. The summed E-state index contributed by atoms with van der Waals surface area (Å²) >= 11 is 6.09. The summed E-state index contributed by atoms with van der Waals surface area (Å²) in [5.41, 5.74) is 2.46. The molecule has 0 radical (unpaired) electrons. The Balaban J connectivity index is 1.58. The van der Waals surface area contributed by atoms with E-state index in [-0.39, 0.29) is 37.1 Å². The molecule has 1 atom stereocenters. The van der Waals surface area contributed by atoms with Crippen LogP contribution < -0.4 is 9.47 Å². The van der Waals surface area contributed by atoms with E-state index in [1.54, 1.807) is 30.3 Å². The third-order valence-corrected chi connectivity index (χ3v) is 6.74. The number of halogens is 2. The fourth-order valence-electron chi connectivity index (χ4n) is 4.50. The highest BCUT2D eigenvalue weighted by Gasteiger charge is 2.24. The van der Waals surface area contributed by atoms with Gasteiger partial charge in [-0.1, -0.05) is 41.9 Å². The van der Waals surface area contributed by atoms with Gasteiger partial charge in [-0.2, -0.15) is 0 Å². The molecule has 210 valence electrons. The van der Waals surface area contributed by atoms with Gasteiger partial charge >= 0.3 is 5.97 Å². The molecule has 0 spiro atoms. The molecule has 0 saturated heterocycles. The molecule has 40 heavy (non-hydrogen) atoms. The minimum Gasteiger partial charge on any atom is -0.494 e. The maximum Gasteiger partial charge on any atom is 0.305 e. The van der Waals surface area contributed by atoms with Crippen LogP contribution in [0.4, 0.5) is 4.39 Å². The normalized spacial score (nSPS) is 11.9. The van der Waals surface area contributed by atoms with Gasteiger partial charge in [-0.05, 0) is 53.1 Å². The van der Waals surface area contributed by atoms with Crippen LogP contribution in [0.25, 0.3) is 0 Å². The van der Waals surface area contributed by atoms with Gasteiger partial charge in [0.2, 0.25) is 0 Å². The zero-order valence-corrected chi connectivity index (χ0v) is 22.6. The Bertz CT molecular complexity index is 1410. The van der Waals surface area contributed by atoms with Crippen molar-refractivity contribution in [1.82, 2.24) is 9.47 Å². The van der Waals surface area contributed by atoms with Crippen LogP contribution in [0.2, 0.25) is 5.02 Å². The number of aromatic nitrogens is 1. The number of rotatable bonds is 13. The van der Waals surface area contributed by atoms with Gasteiger partial charge in [0.15, 0.2) is 23.3 Å². The number of carbonyl (C=O) groups is 1. The van der Waals surface area contributed by atoms with Crippen LogP contribution in [0.1, 0.15) is 29.2 Å². The smallest absolute Gasteiger partial charge is 0.305 e. The molecule has 3 aromatic carbocycles. The average Bonchev–Trinajstić information content (AvgIpc) is 3.26. The number of hydrogen-bond acceptors (Lipinski definition) is 6. The summed E-state index contributed by atoms with van der Waals surface area (Å²) in [6.07, 6.45) is -0.153. The first-order valence-corrected chi connectivity index (χ1v) is 12.9. The third-order valence-electron chi connectivity index (χ3n) is 6.48. The van der Waals surface area contributed by atoms with Crippen molar-refractivity contribution in [3.8, 4) is 23.3 Å². The minimum absolute atomic E-state index is 0.0683. The third kappa shape index (κ3) is 7.46. The summed E-state index contributed by atoms with van der Waals surface area (Å²) in [6.45, 7) is 1.11. The van der Waals surface area contributed by atoms with Crippen LogP contribution in [0, 0.1) is 5.82 Å². The van der Waals surface area contributed by atoms with Crippen molar-refractivity contribution >= 4 is 17.6 Å². The number of aliphatic carboxylic acids is 1. The monoisotopic (exact) mass is 568 g/mol. The van der Waals surface area contributed by atoms with Gasteiger partial charge in [-0.15, -0.1) is 0 Å². The highest BCUT2D eigenvalue weighted by atomic mass is 35.5. The van der Waals surface area contributed by atoms with Crippen molar-refractivity contribution in [2.24, 2.45) is 0 Å². The second-order valence-electron chi connectivity index (χ2n) is 9.23. The molecule has 4 rings (SSSR count). The first-order valence-electron chi connectivity index (χ1n) is 12.6. The Morgan fingerprint density at radius 3 is 2.17 bits per heavy atom. The van der Waals surface area contributed by atoms with Gasteiger partial charge < -0.3 is 24.8 Å². The van der Waals surface area contributed by atoms with Crippen molar-refractivity contribution in [3.05, 3.63) is 106 Å². The van der Waals surface area contributed by atoms with Crippen molar-refractivity contribution in [2.75, 3.05) is 13.7 Å². The van der Waals surface area contributed by atoms with Gasteiger partial charge in [0.1, 0.15) is 12.4 Å². The maximum absolute atomic E-state index is 13.6. The summed E-state index contributed by atoms with van der Waals surface area (Å²) in [6, 6.07) is 20.9. The number of carboxylic acid groups (broad SMARTS) is 1. The quantitative estimate of drug-likeness (QED) is 0.182. The molecule has 1 aromatic heterocycles. The molecular weight excluding hydrogens is 539 g/mol. The molecule has 0 amide bonds. The molecule has 4 aromatic rings. The van der Waals surface area contributed by atoms with E-state index >= 15 is 0 Å². The lowest BCUT2D eigenvalue weighted by atomic mass is 10.00. The molecule has 3 N–H and O–H groups in total. The minimum atomic E-state index is -0.954. The first-order chi connectivity index (χ1) is 19.2. The maximum atomic E-state index is 13.6. The SMILES string of the molecule is COc1cc(CN(Cc2ccc(F)cc2)C(CC(=O)O)c2ccc(Cl)cc2)ccc1OCCn1c(O)ccc1O. The van der Waals surface area contributed by atoms with Gasteiger partial charge in [0.05, 0.1) is 20.1 Å². The van der Waals surface area contributed by atoms with E-state index in [1.807, 2.05) is 29.2 Å². The topological polar surface area (TPSA) is 104 Å². The molecule has 0 aliphatic rings. The number of hydrogen-bond donors (Lipinski definition) is 3. The molecule has 1 unspecified atom stereocenters. The van der Waals surface area contributed by atoms with E-state index in [2.05, 4.69) is 0 Å². The van der Waals surface area contributed by atoms with Gasteiger partial charge in [-0.25, -0.2) is 4.39 Å². The molecule has 1 heterocycles. The van der Waals surface area contributed by atoms with Crippen LogP contribution in [0.15, 0.2) is 78.9 Å². The van der Waals surface area contributed by atoms with Gasteiger partial charge in [0.25, 0.3) is 0 Å². The van der Waals surface area contributed by atoms with E-state index in [4.69, 9.17) is 21.1 Å². The van der Waals surface area contributed by atoms with Crippen molar-refractivity contribution in [3.63, 3.8) is 0 Å². The number of aromatic hydroxyl groups is 2. The molecule has 0 aliphatic heterocycles. The Kier molecular flexibility index (Phi) is 9.52. The molecular formula is C30H30ClFN2O6. The number of methoxy groups -OCH3 is 1. The van der Waals surface area contributed by atoms with E-state index < -0.39 is 12.0 Å². The standard InChI is InChI=1S/C30H30ClFN2O6/c1-39-27-16-21(4-11-26(27)40-15-14-34-28(35)12-13-29(34)36)19-33(18-20-2-9-24(32)10-3-20)25(17-30(37)38)22-5-7-23(31)8-6-22/h2-13,16,25,35-36H,14-15,17-19H2,1H3,(H,37,38). The van der Waals surface area contributed by atoms with E-state index in [9.17, 15) is 24.5 Å². The summed E-state index contributed by atoms with van der Waals surface area (Å²) in [4.78, 5) is 13.9. The molecule has 10 heteroatoms. The van der Waals surface area contributed by atoms with Crippen molar-refractivity contribution < 1.29 is 34.0 Å². The summed E-state index contributed by atoms with van der Waals surface area (Å²) in [5.74, 6) is -0.492. The first kappa shape index (κ1) is 28.8. The van der Waals surface area contributed by atoms with Crippen LogP contribution in [-0.4, -0.2) is 44.5 Å². The zero-order chi connectivity index (χ0) is 28.6. The summed E-state index contributed by atoms with van der Waals surface area (Å²) in [7, 11) is 1.52. The Hall–Kier alpha value is -4.21. The van der Waals surface area contributed by atoms with Gasteiger partial charge in [0, 0.05) is 36.3 Å². The highest BCUT2D eigenvalue weighted by molar-refractivity contribution is 6.30. The Morgan fingerprint density at radius 2 is 1.55 bits per heavy atom. The Morgan fingerprint density at radius 1 is 0.925 bits per heavy atom. The fraction of sp³-hybridized carbons (Fsp3) is 0.233. The molecule has 0 bridgehead atoms. The second kappa shape index (κ2) is 13.2. The lowest BCUT2D eigenvalue weighted by Crippen LogP contribution is -2.30. The number of carboxylic acids is 1. The predicted octanol–water partition coefficient (Wildman–Crippen LogP) is 6.00. The molecule has 0 fully saturated rings. The van der Waals surface area contributed by atoms with Crippen LogP contribution in [-0.2, 0) is 24.4 Å². The largest absolute Gasteiger partial charge is 0.494 e. The fourth-order valence-corrected chi connectivity index (χ4v) is 4.62. The van der Waals surface area contributed by atoms with E-state index in [1.165, 1.54) is 35.9 Å². The van der Waals surface area contributed by atoms with Crippen LogP contribution in [0.3, 0.4) is 0 Å². The van der Waals surface area contributed by atoms with Crippen LogP contribution >= 0.6 is 11.6 Å². The average molecular weight is 569 g/mol. The molecule has 8 nitrogen and oxygen atoms in total. The van der Waals surface area contributed by atoms with E-state index in [0.717, 1.165) is 16.7 Å². The lowest BCUT2D eigenvalue weighted by molar-refractivity contribution is -0.138. The lowest BCUT2D eigenvalue weighted by Gasteiger charge is -2.32. The van der Waals surface area contributed by atoms with Crippen molar-refractivity contribution in [1.29, 1.82) is 0 Å².